The minimum Gasteiger partial charge on any atom is -0.480 e. The summed E-state index contributed by atoms with van der Waals surface area (Å²) < 4.78 is 13.8. The van der Waals surface area contributed by atoms with E-state index in [2.05, 4.69) is 5.32 Å². The molecule has 1 rings (SSSR count). The number of nitrogens with one attached hydrogen (secondary N) is 1. The van der Waals surface area contributed by atoms with Gasteiger partial charge in [0.15, 0.2) is 0 Å². The Labute approximate surface area is 111 Å². The van der Waals surface area contributed by atoms with Crippen LogP contribution >= 0.6 is 0 Å². The van der Waals surface area contributed by atoms with Gasteiger partial charge in [0, 0.05) is 19.8 Å². The van der Waals surface area contributed by atoms with Crippen molar-refractivity contribution < 1.29 is 19.1 Å². The Kier molecular flexibility index (Phi) is 4.14. The summed E-state index contributed by atoms with van der Waals surface area (Å²) in [6, 6.07) is 3.92. The van der Waals surface area contributed by atoms with Gasteiger partial charge in [0.1, 0.15) is 11.4 Å². The van der Waals surface area contributed by atoms with E-state index in [4.69, 9.17) is 5.11 Å². The van der Waals surface area contributed by atoms with Gasteiger partial charge in [-0.25, -0.2) is 9.18 Å². The predicted molar refractivity (Wildman–Crippen MR) is 69.8 cm³/mol. The van der Waals surface area contributed by atoms with Crippen molar-refractivity contribution in [2.75, 3.05) is 19.4 Å². The largest absolute Gasteiger partial charge is 0.480 e. The Morgan fingerprint density at radius 2 is 1.89 bits per heavy atom. The van der Waals surface area contributed by atoms with Crippen molar-refractivity contribution in [1.82, 2.24) is 4.90 Å². The lowest BCUT2D eigenvalue weighted by Gasteiger charge is -2.22. The summed E-state index contributed by atoms with van der Waals surface area (Å²) in [6.45, 7) is 2.93. The Hall–Kier alpha value is -2.11. The van der Waals surface area contributed by atoms with Gasteiger partial charge in [-0.1, -0.05) is 0 Å². The molecule has 0 saturated heterocycles. The van der Waals surface area contributed by atoms with Crippen LogP contribution in [-0.2, 0) is 4.79 Å². The summed E-state index contributed by atoms with van der Waals surface area (Å²) >= 11 is 0. The maximum Gasteiger partial charge on any atom is 0.328 e. The smallest absolute Gasteiger partial charge is 0.328 e. The molecule has 0 unspecified atom stereocenters. The van der Waals surface area contributed by atoms with Crippen LogP contribution in [0.1, 0.15) is 24.2 Å². The molecule has 19 heavy (non-hydrogen) atoms. The highest BCUT2D eigenvalue weighted by molar-refractivity contribution is 5.94. The van der Waals surface area contributed by atoms with E-state index in [-0.39, 0.29) is 5.56 Å². The molecule has 0 atom stereocenters. The summed E-state index contributed by atoms with van der Waals surface area (Å²) in [4.78, 5) is 23.9. The molecule has 0 bridgehead atoms. The normalized spacial score (nSPS) is 11.0. The number of rotatable bonds is 4. The third-order valence-corrected chi connectivity index (χ3v) is 2.60. The summed E-state index contributed by atoms with van der Waals surface area (Å²) in [5.41, 5.74) is -0.969. The number of carboxylic acid groups (broad SMARTS) is 1. The molecule has 0 spiro atoms. The number of halogens is 1. The predicted octanol–water partition coefficient (Wildman–Crippen LogP) is 1.80. The first-order valence-electron chi connectivity index (χ1n) is 5.68. The first-order valence-corrected chi connectivity index (χ1v) is 5.68. The second-order valence-electron chi connectivity index (χ2n) is 4.95. The van der Waals surface area contributed by atoms with E-state index in [1.807, 2.05) is 0 Å². The molecule has 6 heteroatoms. The SMILES string of the molecule is CN(C)C(=O)c1ccc(NC(C)(C)C(=O)O)cc1F. The minimum absolute atomic E-state index is 0.0521. The molecule has 0 aliphatic rings. The third-order valence-electron chi connectivity index (χ3n) is 2.60. The van der Waals surface area contributed by atoms with E-state index in [1.54, 1.807) is 0 Å². The summed E-state index contributed by atoms with van der Waals surface area (Å²) in [6.07, 6.45) is 0. The molecule has 1 aromatic carbocycles. The zero-order valence-electron chi connectivity index (χ0n) is 11.3. The Morgan fingerprint density at radius 3 is 2.32 bits per heavy atom. The van der Waals surface area contributed by atoms with Gasteiger partial charge in [-0.3, -0.25) is 4.79 Å². The number of aliphatic carboxylic acids is 1. The van der Waals surface area contributed by atoms with Crippen LogP contribution in [0.3, 0.4) is 0 Å². The van der Waals surface area contributed by atoms with Gasteiger partial charge in [-0.05, 0) is 32.0 Å². The van der Waals surface area contributed by atoms with Crippen LogP contribution in [0.4, 0.5) is 10.1 Å². The van der Waals surface area contributed by atoms with Gasteiger partial charge >= 0.3 is 5.97 Å². The second-order valence-corrected chi connectivity index (χ2v) is 4.95. The van der Waals surface area contributed by atoms with E-state index < -0.39 is 23.2 Å². The molecule has 0 fully saturated rings. The lowest BCUT2D eigenvalue weighted by molar-refractivity contribution is -0.141. The highest BCUT2D eigenvalue weighted by Gasteiger charge is 2.27. The van der Waals surface area contributed by atoms with Crippen LogP contribution in [-0.4, -0.2) is 41.5 Å². The van der Waals surface area contributed by atoms with Gasteiger partial charge in [0.25, 0.3) is 5.91 Å². The van der Waals surface area contributed by atoms with Crippen molar-refractivity contribution in [1.29, 1.82) is 0 Å². The Morgan fingerprint density at radius 1 is 1.32 bits per heavy atom. The van der Waals surface area contributed by atoms with Crippen molar-refractivity contribution in [3.63, 3.8) is 0 Å². The number of amides is 1. The number of benzene rings is 1. The number of anilines is 1. The first kappa shape index (κ1) is 14.9. The molecule has 0 aliphatic carbocycles. The van der Waals surface area contributed by atoms with Crippen molar-refractivity contribution >= 4 is 17.6 Å². The standard InChI is InChI=1S/C13H17FN2O3/c1-13(2,12(18)19)15-8-5-6-9(10(14)7-8)11(17)16(3)4/h5-7,15H,1-4H3,(H,18,19). The van der Waals surface area contributed by atoms with Crippen LogP contribution < -0.4 is 5.32 Å². The van der Waals surface area contributed by atoms with E-state index >= 15 is 0 Å². The van der Waals surface area contributed by atoms with Crippen molar-refractivity contribution in [2.45, 2.75) is 19.4 Å². The fourth-order valence-electron chi connectivity index (χ4n) is 1.42. The van der Waals surface area contributed by atoms with E-state index in [9.17, 15) is 14.0 Å². The fraction of sp³-hybridized carbons (Fsp3) is 0.385. The maximum absolute atomic E-state index is 13.8. The molecule has 1 aromatic rings. The number of nitrogens with zero attached hydrogens (tertiary/aromatic N) is 1. The zero-order valence-corrected chi connectivity index (χ0v) is 11.3. The quantitative estimate of drug-likeness (QED) is 0.873. The molecular weight excluding hydrogens is 251 g/mol. The third kappa shape index (κ3) is 3.43. The summed E-state index contributed by atoms with van der Waals surface area (Å²) in [7, 11) is 3.06. The highest BCUT2D eigenvalue weighted by atomic mass is 19.1. The van der Waals surface area contributed by atoms with Gasteiger partial charge in [0.05, 0.1) is 5.56 Å². The van der Waals surface area contributed by atoms with E-state index in [0.717, 1.165) is 6.07 Å². The Balaban J connectivity index is 3.01. The van der Waals surface area contributed by atoms with Gasteiger partial charge < -0.3 is 15.3 Å². The van der Waals surface area contributed by atoms with Crippen molar-refractivity contribution in [2.24, 2.45) is 0 Å². The first-order chi connectivity index (χ1) is 8.65. The monoisotopic (exact) mass is 268 g/mol. The molecule has 0 aromatic heterocycles. The molecule has 0 radical (unpaired) electrons. The molecule has 2 N–H and O–H groups in total. The molecular formula is C13H17FN2O3. The average Bonchev–Trinajstić information content (AvgIpc) is 2.27. The average molecular weight is 268 g/mol. The number of carboxylic acids is 1. The van der Waals surface area contributed by atoms with Gasteiger partial charge in [-0.2, -0.15) is 0 Å². The minimum atomic E-state index is -1.22. The topological polar surface area (TPSA) is 69.6 Å². The van der Waals surface area contributed by atoms with Crippen molar-refractivity contribution in [3.05, 3.63) is 29.6 Å². The summed E-state index contributed by atoms with van der Waals surface area (Å²) in [5.74, 6) is -2.19. The van der Waals surface area contributed by atoms with E-state index in [0.29, 0.717) is 5.69 Å². The molecule has 0 saturated carbocycles. The van der Waals surface area contributed by atoms with Crippen LogP contribution in [0.2, 0.25) is 0 Å². The van der Waals surface area contributed by atoms with Crippen LogP contribution in [0.5, 0.6) is 0 Å². The fourth-order valence-corrected chi connectivity index (χ4v) is 1.42. The molecule has 0 aliphatic heterocycles. The number of carbonyl (C=O) groups is 2. The molecule has 1 amide bonds. The number of hydrogen-bond donors (Lipinski definition) is 2. The zero-order chi connectivity index (χ0) is 14.8. The highest BCUT2D eigenvalue weighted by Crippen LogP contribution is 2.19. The van der Waals surface area contributed by atoms with E-state index in [1.165, 1.54) is 45.0 Å². The van der Waals surface area contributed by atoms with Gasteiger partial charge in [0.2, 0.25) is 0 Å². The van der Waals surface area contributed by atoms with Crippen LogP contribution in [0, 0.1) is 5.82 Å². The lowest BCUT2D eigenvalue weighted by Crippen LogP contribution is -2.40. The number of hydrogen-bond acceptors (Lipinski definition) is 3. The Bertz CT molecular complexity index is 513. The number of carbonyl (C=O) groups excluding carboxylic acids is 1. The summed E-state index contributed by atoms with van der Waals surface area (Å²) in [5, 5.41) is 11.7. The molecule has 0 heterocycles. The van der Waals surface area contributed by atoms with Gasteiger partial charge in [-0.15, -0.1) is 0 Å². The van der Waals surface area contributed by atoms with Crippen LogP contribution in [0.25, 0.3) is 0 Å². The van der Waals surface area contributed by atoms with Crippen LogP contribution in [0.15, 0.2) is 18.2 Å². The maximum atomic E-state index is 13.8. The lowest BCUT2D eigenvalue weighted by atomic mass is 10.1. The molecule has 104 valence electrons. The second kappa shape index (κ2) is 5.26. The molecule has 5 nitrogen and oxygen atoms in total. The van der Waals surface area contributed by atoms with Crippen molar-refractivity contribution in [3.8, 4) is 0 Å².